The van der Waals surface area contributed by atoms with E-state index in [0.717, 1.165) is 5.75 Å². The van der Waals surface area contributed by atoms with E-state index in [2.05, 4.69) is 10.3 Å². The average Bonchev–Trinajstić information content (AvgIpc) is 3.01. The minimum absolute atomic E-state index is 0.189. The molecular weight excluding hydrogens is 282 g/mol. The predicted octanol–water partition coefficient (Wildman–Crippen LogP) is 2.14. The molecule has 1 heterocycles. The van der Waals surface area contributed by atoms with E-state index in [0.29, 0.717) is 19.0 Å². The molecule has 0 aliphatic carbocycles. The number of carbonyl (C=O) groups is 1. The summed E-state index contributed by atoms with van der Waals surface area (Å²) in [7, 11) is 0. The highest BCUT2D eigenvalue weighted by atomic mass is 16.5. The fourth-order valence-corrected chi connectivity index (χ4v) is 1.77. The normalized spacial score (nSPS) is 12.2. The molecule has 2 rings (SSSR count). The summed E-state index contributed by atoms with van der Waals surface area (Å²) >= 11 is 0. The van der Waals surface area contributed by atoms with E-state index in [1.54, 1.807) is 0 Å². The van der Waals surface area contributed by atoms with Crippen molar-refractivity contribution in [1.29, 1.82) is 0 Å². The molecule has 1 amide bonds. The zero-order valence-electron chi connectivity index (χ0n) is 12.8. The molecule has 2 aromatic rings. The zero-order valence-corrected chi connectivity index (χ0v) is 12.8. The molecule has 1 atom stereocenters. The third kappa shape index (κ3) is 4.33. The first-order chi connectivity index (χ1) is 10.6. The summed E-state index contributed by atoms with van der Waals surface area (Å²) in [5.41, 5.74) is 6.16. The van der Waals surface area contributed by atoms with Gasteiger partial charge in [-0.2, -0.15) is 0 Å². The maximum absolute atomic E-state index is 11.9. The van der Waals surface area contributed by atoms with Gasteiger partial charge in [0, 0.05) is 0 Å². The standard InChI is InChI=1S/C16H21N3O3/c1-11(2)14(17)16-19-13(10-22-16)15(20)18-8-9-21-12-6-4-3-5-7-12/h3-7,10-11,14H,8-9,17H2,1-2H3,(H,18,20). The lowest BCUT2D eigenvalue weighted by Gasteiger charge is -2.10. The molecule has 118 valence electrons. The van der Waals surface area contributed by atoms with Crippen molar-refractivity contribution in [2.45, 2.75) is 19.9 Å². The highest BCUT2D eigenvalue weighted by Gasteiger charge is 2.19. The van der Waals surface area contributed by atoms with Crippen LogP contribution in [0.5, 0.6) is 5.75 Å². The highest BCUT2D eigenvalue weighted by molar-refractivity contribution is 5.91. The number of ether oxygens (including phenoxy) is 1. The molecule has 6 nitrogen and oxygen atoms in total. The number of rotatable bonds is 7. The number of amides is 1. The quantitative estimate of drug-likeness (QED) is 0.765. The van der Waals surface area contributed by atoms with Gasteiger partial charge in [-0.05, 0) is 18.1 Å². The first-order valence-electron chi connectivity index (χ1n) is 7.25. The Kier molecular flexibility index (Phi) is 5.55. The number of nitrogens with one attached hydrogen (secondary N) is 1. The van der Waals surface area contributed by atoms with Gasteiger partial charge in [0.25, 0.3) is 5.91 Å². The minimum atomic E-state index is -0.317. The average molecular weight is 303 g/mol. The Labute approximate surface area is 129 Å². The molecule has 0 bridgehead atoms. The fourth-order valence-electron chi connectivity index (χ4n) is 1.77. The Morgan fingerprint density at radius 2 is 2.09 bits per heavy atom. The summed E-state index contributed by atoms with van der Waals surface area (Å²) in [6.07, 6.45) is 1.32. The van der Waals surface area contributed by atoms with Crippen molar-refractivity contribution in [2.24, 2.45) is 11.7 Å². The van der Waals surface area contributed by atoms with Crippen LogP contribution < -0.4 is 15.8 Å². The second kappa shape index (κ2) is 7.61. The van der Waals surface area contributed by atoms with E-state index in [-0.39, 0.29) is 23.6 Å². The van der Waals surface area contributed by atoms with Crippen LogP contribution in [0.3, 0.4) is 0 Å². The van der Waals surface area contributed by atoms with Crippen LogP contribution in [-0.4, -0.2) is 24.0 Å². The maximum atomic E-state index is 11.9. The first kappa shape index (κ1) is 16.0. The number of aromatic nitrogens is 1. The van der Waals surface area contributed by atoms with Gasteiger partial charge in [-0.3, -0.25) is 4.79 Å². The molecular formula is C16H21N3O3. The molecule has 1 aromatic heterocycles. The molecule has 0 saturated carbocycles. The molecule has 0 aliphatic heterocycles. The lowest BCUT2D eigenvalue weighted by atomic mass is 10.1. The smallest absolute Gasteiger partial charge is 0.273 e. The number of carbonyl (C=O) groups excluding carboxylic acids is 1. The van der Waals surface area contributed by atoms with Crippen molar-refractivity contribution in [3.05, 3.63) is 48.2 Å². The molecule has 6 heteroatoms. The van der Waals surface area contributed by atoms with Crippen molar-refractivity contribution in [3.8, 4) is 5.75 Å². The van der Waals surface area contributed by atoms with Gasteiger partial charge in [-0.1, -0.05) is 32.0 Å². The minimum Gasteiger partial charge on any atom is -0.492 e. The van der Waals surface area contributed by atoms with Crippen LogP contribution in [0.15, 0.2) is 41.0 Å². The van der Waals surface area contributed by atoms with Gasteiger partial charge in [0.1, 0.15) is 18.6 Å². The summed E-state index contributed by atoms with van der Waals surface area (Å²) < 4.78 is 10.7. The van der Waals surface area contributed by atoms with Crippen LogP contribution in [0, 0.1) is 5.92 Å². The van der Waals surface area contributed by atoms with E-state index in [9.17, 15) is 4.79 Å². The summed E-state index contributed by atoms with van der Waals surface area (Å²) in [5.74, 6) is 1.03. The number of benzene rings is 1. The Bertz CT molecular complexity index is 596. The summed E-state index contributed by atoms with van der Waals surface area (Å²) in [6.45, 7) is 4.70. The summed E-state index contributed by atoms with van der Waals surface area (Å²) in [5, 5.41) is 2.72. The Morgan fingerprint density at radius 1 is 1.36 bits per heavy atom. The molecule has 3 N–H and O–H groups in total. The van der Waals surface area contributed by atoms with Gasteiger partial charge < -0.3 is 20.2 Å². The Morgan fingerprint density at radius 3 is 2.77 bits per heavy atom. The van der Waals surface area contributed by atoms with Gasteiger partial charge in [0.2, 0.25) is 5.89 Å². The van der Waals surface area contributed by atoms with Crippen molar-refractivity contribution < 1.29 is 13.9 Å². The van der Waals surface area contributed by atoms with Crippen LogP contribution >= 0.6 is 0 Å². The third-order valence-corrected chi connectivity index (χ3v) is 3.16. The van der Waals surface area contributed by atoms with Gasteiger partial charge in [-0.25, -0.2) is 4.98 Å². The monoisotopic (exact) mass is 303 g/mol. The van der Waals surface area contributed by atoms with Gasteiger partial charge in [0.15, 0.2) is 5.69 Å². The van der Waals surface area contributed by atoms with E-state index in [4.69, 9.17) is 14.9 Å². The largest absolute Gasteiger partial charge is 0.492 e. The molecule has 1 aromatic carbocycles. The number of hydrogen-bond donors (Lipinski definition) is 2. The van der Waals surface area contributed by atoms with E-state index in [1.807, 2.05) is 44.2 Å². The number of hydrogen-bond acceptors (Lipinski definition) is 5. The van der Waals surface area contributed by atoms with Crippen LogP contribution in [0.2, 0.25) is 0 Å². The van der Waals surface area contributed by atoms with Crippen LogP contribution in [0.1, 0.15) is 36.3 Å². The van der Waals surface area contributed by atoms with Gasteiger partial charge >= 0.3 is 0 Å². The Balaban J connectivity index is 1.78. The van der Waals surface area contributed by atoms with Crippen molar-refractivity contribution in [1.82, 2.24) is 10.3 Å². The maximum Gasteiger partial charge on any atom is 0.273 e. The lowest BCUT2D eigenvalue weighted by molar-refractivity contribution is 0.0942. The summed E-state index contributed by atoms with van der Waals surface area (Å²) in [4.78, 5) is 16.1. The molecule has 0 radical (unpaired) electrons. The first-order valence-corrected chi connectivity index (χ1v) is 7.25. The van der Waals surface area contributed by atoms with E-state index >= 15 is 0 Å². The highest BCUT2D eigenvalue weighted by Crippen LogP contribution is 2.17. The number of nitrogens with two attached hydrogens (primary N) is 1. The number of nitrogens with zero attached hydrogens (tertiary/aromatic N) is 1. The topological polar surface area (TPSA) is 90.4 Å². The molecule has 0 aliphatic rings. The zero-order chi connectivity index (χ0) is 15.9. The second-order valence-electron chi connectivity index (χ2n) is 5.26. The number of oxazole rings is 1. The van der Waals surface area contributed by atoms with Crippen LogP contribution in [-0.2, 0) is 0 Å². The van der Waals surface area contributed by atoms with Crippen molar-refractivity contribution in [3.63, 3.8) is 0 Å². The van der Waals surface area contributed by atoms with Gasteiger partial charge in [-0.15, -0.1) is 0 Å². The molecule has 0 fully saturated rings. The number of para-hydroxylation sites is 1. The molecule has 0 saturated heterocycles. The van der Waals surface area contributed by atoms with Crippen molar-refractivity contribution >= 4 is 5.91 Å². The predicted molar refractivity (Wildman–Crippen MR) is 82.5 cm³/mol. The SMILES string of the molecule is CC(C)C(N)c1nc(C(=O)NCCOc2ccccc2)co1. The van der Waals surface area contributed by atoms with E-state index < -0.39 is 0 Å². The summed E-state index contributed by atoms with van der Waals surface area (Å²) in [6, 6.07) is 9.10. The Hall–Kier alpha value is -2.34. The van der Waals surface area contributed by atoms with Crippen molar-refractivity contribution in [2.75, 3.05) is 13.2 Å². The third-order valence-electron chi connectivity index (χ3n) is 3.16. The molecule has 22 heavy (non-hydrogen) atoms. The fraction of sp³-hybridized carbons (Fsp3) is 0.375. The molecule has 1 unspecified atom stereocenters. The molecule has 0 spiro atoms. The van der Waals surface area contributed by atoms with Crippen LogP contribution in [0.25, 0.3) is 0 Å². The van der Waals surface area contributed by atoms with Gasteiger partial charge in [0.05, 0.1) is 12.6 Å². The second-order valence-corrected chi connectivity index (χ2v) is 5.26. The van der Waals surface area contributed by atoms with Crippen LogP contribution in [0.4, 0.5) is 0 Å². The lowest BCUT2D eigenvalue weighted by Crippen LogP contribution is -2.28. The van der Waals surface area contributed by atoms with E-state index in [1.165, 1.54) is 6.26 Å².